The smallest absolute Gasteiger partial charge is 0.147 e. The summed E-state index contributed by atoms with van der Waals surface area (Å²) in [5, 5.41) is 10.8. The van der Waals surface area contributed by atoms with E-state index in [1.807, 2.05) is 0 Å². The first-order chi connectivity index (χ1) is 22.3. The molecule has 0 nitrogen and oxygen atoms in total. The summed E-state index contributed by atoms with van der Waals surface area (Å²) < 4.78 is 0.995. The fourth-order valence-electron chi connectivity index (χ4n) is 9.34. The number of hydrogen-bond donors (Lipinski definition) is 0. The third kappa shape index (κ3) is 5.31. The molecule has 0 N–H and O–H groups in total. The van der Waals surface area contributed by atoms with E-state index in [2.05, 4.69) is 165 Å². The molecule has 0 radical (unpaired) electrons. The summed E-state index contributed by atoms with van der Waals surface area (Å²) in [5.41, 5.74) is 14.8. The Morgan fingerprint density at radius 3 is 1.25 bits per heavy atom. The fraction of sp³-hybridized carbons (Fsp3) is 0.182. The zero-order valence-electron chi connectivity index (χ0n) is 28.3. The first-order valence-electron chi connectivity index (χ1n) is 17.0. The van der Waals surface area contributed by atoms with E-state index < -0.39 is 14.0 Å². The summed E-state index contributed by atoms with van der Waals surface area (Å²) in [7, 11) is 2.45. The SMILES string of the molecule is CCC1=Cc2c(-c3cccc4ccccc34)cccc2[CH]1[Ti]([CH3])([CH3])(=[SiH2])[CH]1C(CC)=Cc2c(-c3cccc4ccccc34)cccc21.Cl.Cl. The van der Waals surface area contributed by atoms with E-state index in [4.69, 9.17) is 0 Å². The molecule has 0 saturated heterocycles. The van der Waals surface area contributed by atoms with Crippen molar-refractivity contribution in [2.24, 2.45) is 0 Å². The van der Waals surface area contributed by atoms with Crippen molar-refractivity contribution in [1.29, 1.82) is 0 Å². The van der Waals surface area contributed by atoms with E-state index in [1.54, 1.807) is 22.3 Å². The molecule has 2 aliphatic carbocycles. The van der Waals surface area contributed by atoms with E-state index in [0.717, 1.165) is 12.8 Å². The molecule has 0 spiro atoms. The van der Waals surface area contributed by atoms with Crippen molar-refractivity contribution in [3.05, 3.63) is 155 Å². The maximum atomic E-state index is 2.76. The van der Waals surface area contributed by atoms with E-state index in [9.17, 15) is 0 Å². The summed E-state index contributed by atoms with van der Waals surface area (Å²) >= 11 is -3.42. The van der Waals surface area contributed by atoms with Crippen LogP contribution in [-0.2, 0) is 14.0 Å². The molecule has 242 valence electrons. The maximum absolute atomic E-state index is 3.42. The van der Waals surface area contributed by atoms with Gasteiger partial charge in [0.05, 0.1) is 0 Å². The van der Waals surface area contributed by atoms with E-state index in [-0.39, 0.29) is 24.8 Å². The Morgan fingerprint density at radius 1 is 0.479 bits per heavy atom. The standard InChI is InChI=1S/2C21H17.2CH3.2ClH.H2Si.Ti/c2*1-2-15-13-17-9-6-12-20(21(17)14-15)19-11-5-8-16-7-3-4-10-18(16)19;;;;;;/h2*3-14H,2H2,1H3;2*1H3;2*1H;1H2;. The van der Waals surface area contributed by atoms with Gasteiger partial charge in [0.2, 0.25) is 0 Å². The van der Waals surface area contributed by atoms with Crippen LogP contribution in [0.15, 0.2) is 132 Å². The summed E-state index contributed by atoms with van der Waals surface area (Å²) in [4.78, 5) is 0. The molecule has 2 unspecified atom stereocenters. The Morgan fingerprint density at radius 2 is 0.833 bits per heavy atom. The molecular weight excluding hydrogens is 675 g/mol. The second-order valence-corrected chi connectivity index (χ2v) is 34.8. The molecule has 0 amide bonds. The molecule has 0 aromatic heterocycles. The van der Waals surface area contributed by atoms with E-state index >= 15 is 0 Å². The van der Waals surface area contributed by atoms with Crippen LogP contribution >= 0.6 is 24.8 Å². The van der Waals surface area contributed by atoms with Crippen molar-refractivity contribution in [3.8, 4) is 22.3 Å². The van der Waals surface area contributed by atoms with Gasteiger partial charge in [-0.1, -0.05) is 0 Å². The average molecular weight is 720 g/mol. The van der Waals surface area contributed by atoms with Gasteiger partial charge >= 0.3 is 278 Å². The topological polar surface area (TPSA) is 0 Å². The second kappa shape index (κ2) is 12.9. The molecule has 2 atom stereocenters. The number of fused-ring (bicyclic) bond motifs is 4. The number of halogens is 2. The molecule has 8 rings (SSSR count). The van der Waals surface area contributed by atoms with Gasteiger partial charge in [-0.15, -0.1) is 24.8 Å². The van der Waals surface area contributed by atoms with Gasteiger partial charge in [0, 0.05) is 0 Å². The number of rotatable bonds is 6. The Labute approximate surface area is 300 Å². The summed E-state index contributed by atoms with van der Waals surface area (Å²) in [6.07, 6.45) is 7.38. The van der Waals surface area contributed by atoms with Gasteiger partial charge in [0.15, 0.2) is 0 Å². The largest absolute Gasteiger partial charge is 0.147 e. The van der Waals surface area contributed by atoms with Crippen LogP contribution in [0.3, 0.4) is 0 Å². The second-order valence-electron chi connectivity index (χ2n) is 14.6. The predicted octanol–water partition coefficient (Wildman–Crippen LogP) is 12.9. The molecule has 48 heavy (non-hydrogen) atoms. The molecule has 0 saturated carbocycles. The van der Waals surface area contributed by atoms with Gasteiger partial charge in [0.25, 0.3) is 0 Å². The van der Waals surface area contributed by atoms with Gasteiger partial charge < -0.3 is 0 Å². The first-order valence-corrected chi connectivity index (χ1v) is 25.9. The van der Waals surface area contributed by atoms with Gasteiger partial charge in [-0.3, -0.25) is 0 Å². The summed E-state index contributed by atoms with van der Waals surface area (Å²) in [5.74, 6) is 0. The van der Waals surface area contributed by atoms with E-state index in [1.165, 1.54) is 54.9 Å². The third-order valence-electron chi connectivity index (χ3n) is 11.2. The minimum atomic E-state index is -3.42. The van der Waals surface area contributed by atoms with Gasteiger partial charge in [-0.05, 0) is 0 Å². The van der Waals surface area contributed by atoms with Gasteiger partial charge in [-0.2, -0.15) is 0 Å². The van der Waals surface area contributed by atoms with Crippen LogP contribution in [-0.4, -0.2) is 7.63 Å². The minimum Gasteiger partial charge on any atom is -0.147 e. The average Bonchev–Trinajstić information content (AvgIpc) is 3.68. The van der Waals surface area contributed by atoms with Crippen molar-refractivity contribution < 1.29 is 14.0 Å². The van der Waals surface area contributed by atoms with Crippen molar-refractivity contribution in [1.82, 2.24) is 0 Å². The molecule has 4 heteroatoms. The fourth-order valence-corrected chi connectivity index (χ4v) is 22.5. The number of benzene rings is 6. The maximum Gasteiger partial charge on any atom is -0.147 e. The van der Waals surface area contributed by atoms with Crippen molar-refractivity contribution in [2.75, 3.05) is 0 Å². The normalized spacial score (nSPS) is 16.9. The predicted molar refractivity (Wildman–Crippen MR) is 216 cm³/mol. The van der Waals surface area contributed by atoms with Crippen LogP contribution in [0.1, 0.15) is 57.4 Å². The van der Waals surface area contributed by atoms with Crippen molar-refractivity contribution in [3.63, 3.8) is 0 Å². The zero-order valence-corrected chi connectivity index (χ0v) is 32.9. The van der Waals surface area contributed by atoms with Gasteiger partial charge in [-0.25, -0.2) is 0 Å². The van der Waals surface area contributed by atoms with Crippen LogP contribution in [0.5, 0.6) is 0 Å². The molecule has 2 aliphatic rings. The molecule has 0 aliphatic heterocycles. The number of hydrogen-bond acceptors (Lipinski definition) is 0. The monoisotopic (exact) mass is 718 g/mol. The molecule has 0 bridgehead atoms. The quantitative estimate of drug-likeness (QED) is 0.150. The van der Waals surface area contributed by atoms with Crippen molar-refractivity contribution in [2.45, 2.75) is 45.6 Å². The molecule has 0 heterocycles. The van der Waals surface area contributed by atoms with Crippen LogP contribution in [0.25, 0.3) is 56.0 Å². The zero-order chi connectivity index (χ0) is 31.7. The molecular formula is C44H44Cl2SiTi. The van der Waals surface area contributed by atoms with Crippen molar-refractivity contribution >= 4 is 66.1 Å². The molecule has 6 aromatic rings. The summed E-state index contributed by atoms with van der Waals surface area (Å²) in [6.45, 7) is 4.76. The molecule has 0 fully saturated rings. The van der Waals surface area contributed by atoms with Crippen LogP contribution in [0.2, 0.25) is 10.5 Å². The van der Waals surface area contributed by atoms with Crippen LogP contribution < -0.4 is 0 Å². The Balaban J connectivity index is 0.00000201. The molecule has 6 aromatic carbocycles. The van der Waals surface area contributed by atoms with E-state index in [0.29, 0.717) is 8.45 Å². The Bertz CT molecular complexity index is 2170. The Hall–Kier alpha value is -3.17. The van der Waals surface area contributed by atoms with Crippen LogP contribution in [0, 0.1) is 0 Å². The number of allylic oxidation sites excluding steroid dienone is 2. The summed E-state index contributed by atoms with van der Waals surface area (Å²) in [6, 6.07) is 45.6. The minimum absolute atomic E-state index is 0. The Kier molecular flexibility index (Phi) is 9.35. The first kappa shape index (κ1) is 34.7. The van der Waals surface area contributed by atoms with Crippen LogP contribution in [0.4, 0.5) is 0 Å². The third-order valence-corrected chi connectivity index (χ3v) is 22.6. The van der Waals surface area contributed by atoms with Gasteiger partial charge in [0.1, 0.15) is 0 Å².